The number of hydrogen-bond acceptors (Lipinski definition) is 5. The van der Waals surface area contributed by atoms with E-state index in [1.54, 1.807) is 6.07 Å². The highest BCUT2D eigenvalue weighted by molar-refractivity contribution is 5.88. The molecule has 1 spiro atoms. The average Bonchev–Trinajstić information content (AvgIpc) is 3.46. The SMILES string of the molecule is NC1CC12CCN(c1cc3c(cc1F)OC(C(=O)O)=CN3C1CC1)C2. The zero-order valence-electron chi connectivity index (χ0n) is 13.7. The summed E-state index contributed by atoms with van der Waals surface area (Å²) in [7, 11) is 0. The minimum atomic E-state index is -1.15. The Labute approximate surface area is 144 Å². The lowest BCUT2D eigenvalue weighted by atomic mass is 10.1. The number of benzene rings is 1. The van der Waals surface area contributed by atoms with Crippen LogP contribution in [0.1, 0.15) is 25.7 Å². The van der Waals surface area contributed by atoms with Crippen molar-refractivity contribution >= 4 is 17.3 Å². The van der Waals surface area contributed by atoms with Crippen LogP contribution in [0, 0.1) is 11.2 Å². The molecule has 25 heavy (non-hydrogen) atoms. The molecule has 2 aliphatic heterocycles. The summed E-state index contributed by atoms with van der Waals surface area (Å²) in [4.78, 5) is 15.3. The van der Waals surface area contributed by atoms with Crippen molar-refractivity contribution < 1.29 is 19.0 Å². The maximum Gasteiger partial charge on any atom is 0.373 e. The van der Waals surface area contributed by atoms with Crippen molar-refractivity contribution in [2.45, 2.75) is 37.8 Å². The van der Waals surface area contributed by atoms with Crippen molar-refractivity contribution in [2.24, 2.45) is 11.1 Å². The molecule has 2 unspecified atom stereocenters. The summed E-state index contributed by atoms with van der Waals surface area (Å²) in [5, 5.41) is 9.24. The second kappa shape index (κ2) is 4.88. The lowest BCUT2D eigenvalue weighted by Gasteiger charge is -2.30. The molecule has 1 saturated heterocycles. The molecule has 2 aliphatic carbocycles. The molecule has 7 heteroatoms. The van der Waals surface area contributed by atoms with Crippen molar-refractivity contribution in [3.8, 4) is 5.75 Å². The topological polar surface area (TPSA) is 79.0 Å². The summed E-state index contributed by atoms with van der Waals surface area (Å²) in [5.74, 6) is -1.43. The third-order valence-corrected chi connectivity index (χ3v) is 5.91. The predicted octanol–water partition coefficient (Wildman–Crippen LogP) is 2.04. The van der Waals surface area contributed by atoms with Gasteiger partial charge in [-0.05, 0) is 31.7 Å². The Balaban J connectivity index is 1.51. The van der Waals surface area contributed by atoms with Gasteiger partial charge >= 0.3 is 5.97 Å². The smallest absolute Gasteiger partial charge is 0.373 e. The number of aliphatic carboxylic acids is 1. The second-order valence-electron chi connectivity index (χ2n) is 7.65. The normalized spacial score (nSPS) is 30.2. The highest BCUT2D eigenvalue weighted by Gasteiger charge is 2.55. The molecule has 3 N–H and O–H groups in total. The number of anilines is 2. The van der Waals surface area contributed by atoms with E-state index in [1.807, 2.05) is 4.90 Å². The van der Waals surface area contributed by atoms with E-state index in [9.17, 15) is 14.3 Å². The van der Waals surface area contributed by atoms with E-state index >= 15 is 0 Å². The first kappa shape index (κ1) is 15.0. The molecule has 2 saturated carbocycles. The third-order valence-electron chi connectivity index (χ3n) is 5.91. The number of nitrogens with two attached hydrogens (primary N) is 1. The molecule has 6 nitrogen and oxygen atoms in total. The Morgan fingerprint density at radius 2 is 2.12 bits per heavy atom. The first-order valence-electron chi connectivity index (χ1n) is 8.72. The van der Waals surface area contributed by atoms with Crippen LogP contribution in [0.3, 0.4) is 0 Å². The Morgan fingerprint density at radius 1 is 1.36 bits per heavy atom. The summed E-state index contributed by atoms with van der Waals surface area (Å²) < 4.78 is 20.1. The number of carboxylic acids is 1. The fraction of sp³-hybridized carbons (Fsp3) is 0.500. The van der Waals surface area contributed by atoms with E-state index < -0.39 is 5.97 Å². The first-order chi connectivity index (χ1) is 12.0. The predicted molar refractivity (Wildman–Crippen MR) is 90.1 cm³/mol. The fourth-order valence-corrected chi connectivity index (χ4v) is 4.10. The largest absolute Gasteiger partial charge is 0.475 e. The summed E-state index contributed by atoms with van der Waals surface area (Å²) in [6.07, 6.45) is 5.52. The summed E-state index contributed by atoms with van der Waals surface area (Å²) >= 11 is 0. The zero-order chi connectivity index (χ0) is 17.3. The van der Waals surface area contributed by atoms with Gasteiger partial charge in [-0.2, -0.15) is 0 Å². The monoisotopic (exact) mass is 345 g/mol. The lowest BCUT2D eigenvalue weighted by Crippen LogP contribution is -2.28. The molecule has 5 rings (SSSR count). The van der Waals surface area contributed by atoms with E-state index in [2.05, 4.69) is 4.90 Å². The minimum Gasteiger partial charge on any atom is -0.475 e. The highest BCUT2D eigenvalue weighted by Crippen LogP contribution is 2.53. The molecule has 3 fully saturated rings. The van der Waals surface area contributed by atoms with Crippen LogP contribution in [0.15, 0.2) is 24.1 Å². The zero-order valence-corrected chi connectivity index (χ0v) is 13.7. The number of ether oxygens (including phenoxy) is 1. The molecule has 2 heterocycles. The summed E-state index contributed by atoms with van der Waals surface area (Å²) in [6.45, 7) is 1.58. The molecule has 0 radical (unpaired) electrons. The van der Waals surface area contributed by atoms with Crippen LogP contribution in [0.25, 0.3) is 0 Å². The number of fused-ring (bicyclic) bond motifs is 1. The van der Waals surface area contributed by atoms with E-state index in [-0.39, 0.29) is 34.8 Å². The van der Waals surface area contributed by atoms with Crippen LogP contribution in [-0.4, -0.2) is 36.2 Å². The van der Waals surface area contributed by atoms with Crippen molar-refractivity contribution in [2.75, 3.05) is 22.9 Å². The van der Waals surface area contributed by atoms with Crippen LogP contribution >= 0.6 is 0 Å². The molecule has 4 aliphatic rings. The molecule has 0 bridgehead atoms. The van der Waals surface area contributed by atoms with E-state index in [0.29, 0.717) is 5.69 Å². The number of rotatable bonds is 3. The van der Waals surface area contributed by atoms with E-state index in [0.717, 1.165) is 44.5 Å². The van der Waals surface area contributed by atoms with Crippen molar-refractivity contribution in [1.82, 2.24) is 0 Å². The van der Waals surface area contributed by atoms with Gasteiger partial charge in [0.1, 0.15) is 5.82 Å². The average molecular weight is 345 g/mol. The molecule has 132 valence electrons. The van der Waals surface area contributed by atoms with Crippen LogP contribution in [-0.2, 0) is 4.79 Å². The van der Waals surface area contributed by atoms with Gasteiger partial charge in [-0.3, -0.25) is 0 Å². The van der Waals surface area contributed by atoms with Crippen LogP contribution in [0.4, 0.5) is 15.8 Å². The first-order valence-corrected chi connectivity index (χ1v) is 8.72. The van der Waals surface area contributed by atoms with E-state index in [1.165, 1.54) is 12.3 Å². The fourth-order valence-electron chi connectivity index (χ4n) is 4.10. The standard InChI is InChI=1S/C18H20FN3O3/c19-11-5-14-13(22(10-1-2-10)8-15(25-14)17(23)24)6-12(11)21-4-3-18(9-21)7-16(18)20/h5-6,8,10,16H,1-4,7,9,20H2,(H,23,24). The highest BCUT2D eigenvalue weighted by atomic mass is 19.1. The molecule has 0 amide bonds. The van der Waals surface area contributed by atoms with E-state index in [4.69, 9.17) is 10.5 Å². The van der Waals surface area contributed by atoms with Crippen LogP contribution < -0.4 is 20.3 Å². The Bertz CT molecular complexity index is 807. The molecular formula is C18H20FN3O3. The van der Waals surface area contributed by atoms with Crippen molar-refractivity contribution in [3.05, 3.63) is 29.9 Å². The van der Waals surface area contributed by atoms with Crippen LogP contribution in [0.5, 0.6) is 5.75 Å². The Morgan fingerprint density at radius 3 is 2.72 bits per heavy atom. The molecule has 1 aromatic rings. The number of nitrogens with zero attached hydrogens (tertiary/aromatic N) is 2. The Kier molecular flexibility index (Phi) is 2.93. The van der Waals surface area contributed by atoms with Crippen molar-refractivity contribution in [1.29, 1.82) is 0 Å². The van der Waals surface area contributed by atoms with Gasteiger partial charge in [0.15, 0.2) is 5.75 Å². The Hall–Kier alpha value is -2.28. The maximum absolute atomic E-state index is 14.7. The van der Waals surface area contributed by atoms with Gasteiger partial charge in [-0.25, -0.2) is 9.18 Å². The van der Waals surface area contributed by atoms with Gasteiger partial charge in [0, 0.05) is 36.7 Å². The summed E-state index contributed by atoms with van der Waals surface area (Å²) in [5.41, 5.74) is 7.50. The van der Waals surface area contributed by atoms with Crippen LogP contribution in [0.2, 0.25) is 0 Å². The quantitative estimate of drug-likeness (QED) is 0.873. The molecular weight excluding hydrogens is 325 g/mol. The molecule has 0 aromatic heterocycles. The molecule has 1 aromatic carbocycles. The number of carboxylic acid groups (broad SMARTS) is 1. The number of hydrogen-bond donors (Lipinski definition) is 2. The number of carbonyl (C=O) groups is 1. The third kappa shape index (κ3) is 2.29. The maximum atomic E-state index is 14.7. The summed E-state index contributed by atoms with van der Waals surface area (Å²) in [6, 6.07) is 3.60. The second-order valence-corrected chi connectivity index (χ2v) is 7.65. The van der Waals surface area contributed by atoms with Gasteiger partial charge < -0.3 is 25.4 Å². The lowest BCUT2D eigenvalue weighted by molar-refractivity contribution is -0.135. The van der Waals surface area contributed by atoms with Gasteiger partial charge in [-0.1, -0.05) is 0 Å². The van der Waals surface area contributed by atoms with Gasteiger partial charge in [-0.15, -0.1) is 0 Å². The minimum absolute atomic E-state index is 0.158. The number of halogens is 1. The van der Waals surface area contributed by atoms with Gasteiger partial charge in [0.25, 0.3) is 0 Å². The van der Waals surface area contributed by atoms with Gasteiger partial charge in [0.2, 0.25) is 5.76 Å². The van der Waals surface area contributed by atoms with Gasteiger partial charge in [0.05, 0.1) is 17.6 Å². The molecule has 2 atom stereocenters. The van der Waals surface area contributed by atoms with Crippen molar-refractivity contribution in [3.63, 3.8) is 0 Å².